The molecule has 210 valence electrons. The lowest BCUT2D eigenvalue weighted by molar-refractivity contribution is -0.384. The molecule has 2 aliphatic carbocycles. The number of nitro groups is 1. The summed E-state index contributed by atoms with van der Waals surface area (Å²) in [5.41, 5.74) is 2.58. The van der Waals surface area contributed by atoms with Crippen molar-refractivity contribution in [1.82, 2.24) is 15.1 Å². The normalized spacial score (nSPS) is 25.0. The van der Waals surface area contributed by atoms with Crippen molar-refractivity contribution in [3.8, 4) is 0 Å². The van der Waals surface area contributed by atoms with Gasteiger partial charge in [0.15, 0.2) is 0 Å². The largest absolute Gasteiger partial charge is 0.381 e. The van der Waals surface area contributed by atoms with Gasteiger partial charge in [-0.2, -0.15) is 0 Å². The van der Waals surface area contributed by atoms with Crippen LogP contribution in [0.25, 0.3) is 11.3 Å². The van der Waals surface area contributed by atoms with Gasteiger partial charge in [0.2, 0.25) is 5.91 Å². The molecule has 6 rings (SSSR count). The fourth-order valence-electron chi connectivity index (χ4n) is 6.59. The van der Waals surface area contributed by atoms with Gasteiger partial charge in [0, 0.05) is 69.4 Å². The number of hydrogen-bond donors (Lipinski definition) is 1. The number of amides is 2. The van der Waals surface area contributed by atoms with E-state index in [9.17, 15) is 19.7 Å². The minimum atomic E-state index is -0.507. The van der Waals surface area contributed by atoms with E-state index in [1.807, 2.05) is 30.3 Å². The summed E-state index contributed by atoms with van der Waals surface area (Å²) in [6, 6.07) is 14.8. The third-order valence-electron chi connectivity index (χ3n) is 8.93. The van der Waals surface area contributed by atoms with Crippen LogP contribution in [0.3, 0.4) is 0 Å². The number of carbonyl (C=O) groups excluding carboxylic acids is 2. The number of carbonyl (C=O) groups is 2. The van der Waals surface area contributed by atoms with Gasteiger partial charge in [0.1, 0.15) is 0 Å². The molecule has 3 fully saturated rings. The molecular weight excluding hydrogens is 506 g/mol. The number of nitro benzene ring substituents is 1. The van der Waals surface area contributed by atoms with Crippen molar-refractivity contribution in [3.63, 3.8) is 0 Å². The second kappa shape index (κ2) is 11.1. The average Bonchev–Trinajstić information content (AvgIpc) is 3.73. The maximum absolute atomic E-state index is 13.7. The van der Waals surface area contributed by atoms with E-state index >= 15 is 0 Å². The lowest BCUT2D eigenvalue weighted by atomic mass is 9.88. The van der Waals surface area contributed by atoms with Crippen LogP contribution in [-0.2, 0) is 9.59 Å². The molecular formula is C31H37N5O4. The molecule has 1 N–H and O–H groups in total. The van der Waals surface area contributed by atoms with Crippen LogP contribution in [0.15, 0.2) is 48.5 Å². The molecule has 2 aromatic rings. The molecule has 2 aromatic carbocycles. The molecule has 2 saturated carbocycles. The Hall–Kier alpha value is -3.56. The highest BCUT2D eigenvalue weighted by Crippen LogP contribution is 2.42. The first-order valence-electron chi connectivity index (χ1n) is 14.6. The van der Waals surface area contributed by atoms with Crippen molar-refractivity contribution in [2.45, 2.75) is 57.5 Å². The predicted octanol–water partition coefficient (Wildman–Crippen LogP) is 4.28. The molecule has 4 aliphatic rings. The minimum Gasteiger partial charge on any atom is -0.381 e. The first-order valence-corrected chi connectivity index (χ1v) is 14.6. The standard InChI is InChI=1S/C31H37N5O4/c1-21(37)35-28-19-26(36(39)40)13-14-27(28)29(31(35)38)30(23-5-3-2-4-6-23)32-24-9-11-25(12-10-24)34-17-15-33(16-18-34)20-22-7-8-22/h2-6,13-14,19,22,24-25,32H,7-12,15-18,20H2,1H3/b30-29-/t24-,25-. The number of piperazine rings is 1. The Labute approximate surface area is 235 Å². The van der Waals surface area contributed by atoms with Crippen LogP contribution in [0.4, 0.5) is 11.4 Å². The molecule has 0 radical (unpaired) electrons. The highest BCUT2D eigenvalue weighted by Gasteiger charge is 2.39. The zero-order chi connectivity index (χ0) is 27.8. The van der Waals surface area contributed by atoms with Gasteiger partial charge in [0.25, 0.3) is 11.6 Å². The number of imide groups is 1. The molecule has 2 amide bonds. The van der Waals surface area contributed by atoms with Crippen molar-refractivity contribution in [1.29, 1.82) is 0 Å². The van der Waals surface area contributed by atoms with Crippen molar-refractivity contribution in [3.05, 3.63) is 69.8 Å². The number of anilines is 1. The van der Waals surface area contributed by atoms with Crippen molar-refractivity contribution >= 4 is 34.5 Å². The Morgan fingerprint density at radius 3 is 2.30 bits per heavy atom. The quantitative estimate of drug-likeness (QED) is 0.316. The number of fused-ring (bicyclic) bond motifs is 1. The van der Waals surface area contributed by atoms with E-state index in [1.165, 1.54) is 51.5 Å². The summed E-state index contributed by atoms with van der Waals surface area (Å²) < 4.78 is 0. The third kappa shape index (κ3) is 5.40. The van der Waals surface area contributed by atoms with Gasteiger partial charge in [0.05, 0.1) is 21.9 Å². The van der Waals surface area contributed by atoms with Gasteiger partial charge >= 0.3 is 0 Å². The third-order valence-corrected chi connectivity index (χ3v) is 8.93. The van der Waals surface area contributed by atoms with E-state index < -0.39 is 16.7 Å². The number of hydrogen-bond acceptors (Lipinski definition) is 7. The van der Waals surface area contributed by atoms with Crippen LogP contribution in [-0.4, -0.2) is 71.3 Å². The molecule has 9 heteroatoms. The van der Waals surface area contributed by atoms with Crippen LogP contribution in [0.1, 0.15) is 56.6 Å². The summed E-state index contributed by atoms with van der Waals surface area (Å²) >= 11 is 0. The molecule has 0 aromatic heterocycles. The average molecular weight is 544 g/mol. The van der Waals surface area contributed by atoms with Crippen LogP contribution < -0.4 is 10.2 Å². The zero-order valence-electron chi connectivity index (χ0n) is 23.1. The highest BCUT2D eigenvalue weighted by atomic mass is 16.6. The Balaban J connectivity index is 1.22. The van der Waals surface area contributed by atoms with Gasteiger partial charge in [-0.25, -0.2) is 4.90 Å². The Bertz CT molecular complexity index is 1320. The number of benzene rings is 2. The fraction of sp³-hybridized carbons (Fsp3) is 0.484. The predicted molar refractivity (Wildman–Crippen MR) is 154 cm³/mol. The first kappa shape index (κ1) is 26.7. The van der Waals surface area contributed by atoms with E-state index in [1.54, 1.807) is 6.07 Å². The Morgan fingerprint density at radius 1 is 0.975 bits per heavy atom. The van der Waals surface area contributed by atoms with E-state index in [0.717, 1.165) is 55.2 Å². The highest BCUT2D eigenvalue weighted by molar-refractivity contribution is 6.43. The van der Waals surface area contributed by atoms with E-state index in [2.05, 4.69) is 15.1 Å². The molecule has 1 saturated heterocycles. The second-order valence-corrected chi connectivity index (χ2v) is 11.7. The summed E-state index contributed by atoms with van der Waals surface area (Å²) in [7, 11) is 0. The van der Waals surface area contributed by atoms with Gasteiger partial charge < -0.3 is 10.2 Å². The number of non-ortho nitro benzene ring substituents is 1. The van der Waals surface area contributed by atoms with E-state index in [0.29, 0.717) is 22.9 Å². The minimum absolute atomic E-state index is 0.153. The summed E-state index contributed by atoms with van der Waals surface area (Å²) in [5.74, 6) is 0.0244. The maximum Gasteiger partial charge on any atom is 0.271 e. The number of rotatable bonds is 7. The van der Waals surface area contributed by atoms with Crippen LogP contribution in [0.5, 0.6) is 0 Å². The number of nitrogens with zero attached hydrogens (tertiary/aromatic N) is 4. The van der Waals surface area contributed by atoms with Gasteiger partial charge in [-0.1, -0.05) is 30.3 Å². The van der Waals surface area contributed by atoms with Crippen molar-refractivity contribution < 1.29 is 14.5 Å². The van der Waals surface area contributed by atoms with Crippen LogP contribution in [0.2, 0.25) is 0 Å². The topological polar surface area (TPSA) is 99.0 Å². The maximum atomic E-state index is 13.7. The van der Waals surface area contributed by atoms with Crippen molar-refractivity contribution in [2.75, 3.05) is 37.6 Å². The molecule has 9 nitrogen and oxygen atoms in total. The van der Waals surface area contributed by atoms with E-state index in [4.69, 9.17) is 0 Å². The Kier molecular flexibility index (Phi) is 7.42. The van der Waals surface area contributed by atoms with Crippen LogP contribution >= 0.6 is 0 Å². The molecule has 2 heterocycles. The van der Waals surface area contributed by atoms with Gasteiger partial charge in [-0.05, 0) is 56.1 Å². The van der Waals surface area contributed by atoms with Crippen LogP contribution in [0, 0.1) is 16.0 Å². The molecule has 0 unspecified atom stereocenters. The first-order chi connectivity index (χ1) is 19.4. The smallest absolute Gasteiger partial charge is 0.271 e. The summed E-state index contributed by atoms with van der Waals surface area (Å²) in [5, 5.41) is 15.1. The van der Waals surface area contributed by atoms with Gasteiger partial charge in [-0.15, -0.1) is 0 Å². The monoisotopic (exact) mass is 543 g/mol. The summed E-state index contributed by atoms with van der Waals surface area (Å²) in [4.78, 5) is 43.6. The zero-order valence-corrected chi connectivity index (χ0v) is 23.1. The molecule has 0 atom stereocenters. The fourth-order valence-corrected chi connectivity index (χ4v) is 6.59. The lowest BCUT2D eigenvalue weighted by Gasteiger charge is -2.42. The summed E-state index contributed by atoms with van der Waals surface area (Å²) in [6.07, 6.45) is 7.01. The Morgan fingerprint density at radius 2 is 1.68 bits per heavy atom. The summed E-state index contributed by atoms with van der Waals surface area (Å²) in [6.45, 7) is 7.22. The molecule has 2 aliphatic heterocycles. The lowest BCUT2D eigenvalue weighted by Crippen LogP contribution is -2.52. The van der Waals surface area contributed by atoms with Crippen molar-refractivity contribution in [2.24, 2.45) is 5.92 Å². The van der Waals surface area contributed by atoms with Gasteiger partial charge in [-0.3, -0.25) is 24.6 Å². The number of nitrogens with one attached hydrogen (secondary N) is 1. The SMILES string of the molecule is CC(=O)N1C(=O)/C(=C(\N[C@H]2CC[C@H](N3CCN(CC4CC4)CC3)CC2)c2ccccc2)c2ccc([N+](=O)[O-])cc21. The molecule has 0 spiro atoms. The molecule has 40 heavy (non-hydrogen) atoms. The second-order valence-electron chi connectivity index (χ2n) is 11.7. The van der Waals surface area contributed by atoms with E-state index in [-0.39, 0.29) is 17.4 Å². The molecule has 0 bridgehead atoms.